The van der Waals surface area contributed by atoms with Crippen molar-refractivity contribution in [1.82, 2.24) is 9.62 Å². The zero-order chi connectivity index (χ0) is 21.5. The molecule has 2 aromatic carbocycles. The van der Waals surface area contributed by atoms with E-state index in [2.05, 4.69) is 17.4 Å². The first-order valence-corrected chi connectivity index (χ1v) is 12.6. The van der Waals surface area contributed by atoms with Gasteiger partial charge in [-0.25, -0.2) is 12.7 Å². The number of hydrogen-bond donors (Lipinski definition) is 1. The molecule has 0 bridgehead atoms. The van der Waals surface area contributed by atoms with Crippen LogP contribution in [0.5, 0.6) is 0 Å². The number of aryl methyl sites for hydroxylation is 1. The Hall–Kier alpha value is -1.89. The molecule has 1 spiro atoms. The molecule has 0 aromatic heterocycles. The first kappa shape index (κ1) is 21.3. The second kappa shape index (κ2) is 7.98. The summed E-state index contributed by atoms with van der Waals surface area (Å²) >= 11 is 6.11. The van der Waals surface area contributed by atoms with Crippen molar-refractivity contribution in [3.63, 3.8) is 0 Å². The van der Waals surface area contributed by atoms with Gasteiger partial charge in [-0.3, -0.25) is 4.79 Å². The second-order valence-corrected chi connectivity index (χ2v) is 10.8. The third kappa shape index (κ3) is 3.77. The van der Waals surface area contributed by atoms with Gasteiger partial charge in [0.15, 0.2) is 0 Å². The van der Waals surface area contributed by atoms with Crippen molar-refractivity contribution in [2.45, 2.75) is 44.1 Å². The van der Waals surface area contributed by atoms with Gasteiger partial charge in [-0.2, -0.15) is 0 Å². The quantitative estimate of drug-likeness (QED) is 0.780. The molecule has 1 saturated heterocycles. The lowest BCUT2D eigenvalue weighted by Crippen LogP contribution is -2.54. The number of fused-ring (bicyclic) bond motifs is 2. The van der Waals surface area contributed by atoms with Crippen LogP contribution in [0.1, 0.15) is 46.8 Å². The number of hydrogen-bond acceptors (Lipinski definition) is 3. The molecule has 1 aliphatic heterocycles. The molecule has 1 atom stereocenters. The van der Waals surface area contributed by atoms with Crippen LogP contribution < -0.4 is 5.32 Å². The van der Waals surface area contributed by atoms with Gasteiger partial charge < -0.3 is 5.32 Å². The molecule has 0 radical (unpaired) electrons. The monoisotopic (exact) mass is 446 g/mol. The molecule has 160 valence electrons. The third-order valence-electron chi connectivity index (χ3n) is 6.73. The molecule has 7 heteroatoms. The molecule has 4 rings (SSSR count). The maximum Gasteiger partial charge on any atom is 0.251 e. The number of nitrogens with zero attached hydrogens (tertiary/aromatic N) is 1. The van der Waals surface area contributed by atoms with Crippen molar-refractivity contribution in [3.8, 4) is 0 Å². The molecule has 1 heterocycles. The zero-order valence-corrected chi connectivity index (χ0v) is 18.9. The minimum Gasteiger partial charge on any atom is -0.348 e. The number of halogens is 1. The van der Waals surface area contributed by atoms with Crippen LogP contribution in [0.3, 0.4) is 0 Å². The highest BCUT2D eigenvalue weighted by molar-refractivity contribution is 7.88. The average Bonchev–Trinajstić information content (AvgIpc) is 3.00. The van der Waals surface area contributed by atoms with Gasteiger partial charge in [0.05, 0.1) is 6.26 Å². The van der Waals surface area contributed by atoms with Crippen LogP contribution in [-0.2, 0) is 28.3 Å². The van der Waals surface area contributed by atoms with Gasteiger partial charge in [-0.15, -0.1) is 0 Å². The van der Waals surface area contributed by atoms with Gasteiger partial charge in [0.2, 0.25) is 10.0 Å². The van der Waals surface area contributed by atoms with Gasteiger partial charge in [0.1, 0.15) is 0 Å². The summed E-state index contributed by atoms with van der Waals surface area (Å²) in [4.78, 5) is 13.2. The standard InChI is InChI=1S/C23H27ClN2O3S/c1-3-16-14-18(24)8-9-19(16)22(27)25-21-15-17-6-4-5-7-20(17)23(21)10-12-26(13-11-23)30(2,28)29/h4-9,14,21H,3,10-13,15H2,1-2H3,(H,25,27). The molecule has 1 fully saturated rings. The Morgan fingerprint density at radius 2 is 1.90 bits per heavy atom. The molecule has 30 heavy (non-hydrogen) atoms. The number of amides is 1. The van der Waals surface area contributed by atoms with Crippen LogP contribution >= 0.6 is 11.6 Å². The summed E-state index contributed by atoms with van der Waals surface area (Å²) < 4.78 is 25.6. The number of nitrogens with one attached hydrogen (secondary N) is 1. The van der Waals surface area contributed by atoms with Crippen molar-refractivity contribution in [3.05, 3.63) is 69.7 Å². The van der Waals surface area contributed by atoms with Crippen LogP contribution in [0.4, 0.5) is 0 Å². The Labute approximate surface area is 183 Å². The fourth-order valence-corrected chi connectivity index (χ4v) is 6.16. The first-order valence-electron chi connectivity index (χ1n) is 10.4. The molecule has 1 amide bonds. The largest absolute Gasteiger partial charge is 0.348 e. The minimum absolute atomic E-state index is 0.0653. The molecular formula is C23H27ClN2O3S. The zero-order valence-electron chi connectivity index (χ0n) is 17.3. The van der Waals surface area contributed by atoms with E-state index in [4.69, 9.17) is 11.6 Å². The van der Waals surface area contributed by atoms with E-state index in [1.807, 2.05) is 25.1 Å². The van der Waals surface area contributed by atoms with E-state index in [-0.39, 0.29) is 17.4 Å². The lowest BCUT2D eigenvalue weighted by Gasteiger charge is -2.43. The summed E-state index contributed by atoms with van der Waals surface area (Å²) in [5.41, 5.74) is 3.82. The van der Waals surface area contributed by atoms with Crippen LogP contribution in [0, 0.1) is 0 Å². The van der Waals surface area contributed by atoms with Crippen LogP contribution in [0.25, 0.3) is 0 Å². The van der Waals surface area contributed by atoms with Crippen LogP contribution in [0.15, 0.2) is 42.5 Å². The lowest BCUT2D eigenvalue weighted by molar-refractivity contribution is 0.0896. The van der Waals surface area contributed by atoms with Crippen molar-refractivity contribution < 1.29 is 13.2 Å². The number of piperidine rings is 1. The second-order valence-electron chi connectivity index (χ2n) is 8.36. The first-order chi connectivity index (χ1) is 14.2. The molecule has 5 nitrogen and oxygen atoms in total. The topological polar surface area (TPSA) is 66.5 Å². The number of sulfonamides is 1. The number of carbonyl (C=O) groups excluding carboxylic acids is 1. The Morgan fingerprint density at radius 1 is 1.20 bits per heavy atom. The van der Waals surface area contributed by atoms with E-state index in [0.717, 1.165) is 18.4 Å². The van der Waals surface area contributed by atoms with Crippen molar-refractivity contribution in [1.29, 1.82) is 0 Å². The highest BCUT2D eigenvalue weighted by atomic mass is 35.5. The number of carbonyl (C=O) groups is 1. The molecular weight excluding hydrogens is 420 g/mol. The van der Waals surface area contributed by atoms with Gasteiger partial charge in [0.25, 0.3) is 5.91 Å². The smallest absolute Gasteiger partial charge is 0.251 e. The SMILES string of the molecule is CCc1cc(Cl)ccc1C(=O)NC1Cc2ccccc2C12CCN(S(C)(=O)=O)CC2. The molecule has 1 unspecified atom stereocenters. The van der Waals surface area contributed by atoms with E-state index < -0.39 is 10.0 Å². The average molecular weight is 447 g/mol. The highest BCUT2D eigenvalue weighted by Gasteiger charge is 2.49. The predicted octanol–water partition coefficient (Wildman–Crippen LogP) is 3.55. The minimum atomic E-state index is -3.21. The number of rotatable bonds is 4. The summed E-state index contributed by atoms with van der Waals surface area (Å²) in [6.45, 7) is 2.96. The summed E-state index contributed by atoms with van der Waals surface area (Å²) in [5, 5.41) is 3.93. The molecule has 1 aliphatic carbocycles. The van der Waals surface area contributed by atoms with Gasteiger partial charge in [0, 0.05) is 35.1 Å². The lowest BCUT2D eigenvalue weighted by atomic mass is 9.71. The van der Waals surface area contributed by atoms with Gasteiger partial charge in [-0.1, -0.05) is 42.8 Å². The van der Waals surface area contributed by atoms with Crippen molar-refractivity contribution in [2.75, 3.05) is 19.3 Å². The van der Waals surface area contributed by atoms with E-state index in [0.29, 0.717) is 36.5 Å². The fourth-order valence-electron chi connectivity index (χ4n) is 5.12. The van der Waals surface area contributed by atoms with Gasteiger partial charge in [-0.05, 0) is 60.6 Å². The summed E-state index contributed by atoms with van der Waals surface area (Å²) in [6, 6.07) is 13.6. The normalized spacial score (nSPS) is 20.8. The maximum atomic E-state index is 13.2. The summed E-state index contributed by atoms with van der Waals surface area (Å²) in [6.07, 6.45) is 4.14. The van der Waals surface area contributed by atoms with E-state index in [9.17, 15) is 13.2 Å². The Morgan fingerprint density at radius 3 is 2.57 bits per heavy atom. The summed E-state index contributed by atoms with van der Waals surface area (Å²) in [5.74, 6) is -0.0914. The molecule has 0 saturated carbocycles. The molecule has 1 N–H and O–H groups in total. The van der Waals surface area contributed by atoms with E-state index in [1.165, 1.54) is 17.4 Å². The Kier molecular flexibility index (Phi) is 5.68. The Balaban J connectivity index is 1.64. The predicted molar refractivity (Wildman–Crippen MR) is 120 cm³/mol. The molecule has 2 aromatic rings. The third-order valence-corrected chi connectivity index (χ3v) is 8.26. The van der Waals surface area contributed by atoms with E-state index >= 15 is 0 Å². The van der Waals surface area contributed by atoms with Crippen molar-refractivity contribution in [2.24, 2.45) is 0 Å². The van der Waals surface area contributed by atoms with Crippen molar-refractivity contribution >= 4 is 27.5 Å². The Bertz CT molecular complexity index is 1080. The maximum absolute atomic E-state index is 13.2. The van der Waals surface area contributed by atoms with Gasteiger partial charge >= 0.3 is 0 Å². The fraction of sp³-hybridized carbons (Fsp3) is 0.435. The summed E-state index contributed by atoms with van der Waals surface area (Å²) in [7, 11) is -3.21. The van der Waals surface area contributed by atoms with E-state index in [1.54, 1.807) is 16.4 Å². The molecule has 2 aliphatic rings. The number of benzene rings is 2. The van der Waals surface area contributed by atoms with Crippen LogP contribution in [0.2, 0.25) is 5.02 Å². The van der Waals surface area contributed by atoms with Crippen LogP contribution in [-0.4, -0.2) is 44.0 Å². The highest BCUT2D eigenvalue weighted by Crippen LogP contribution is 2.46.